The molecule has 4 bridgehead atoms. The largest absolute Gasteiger partial charge is 1.00 e. The fraction of sp³-hybridized carbons (Fsp3) is 0.800. The number of hydrogen-bond donors (Lipinski definition) is 0. The standard InChI is InChI=1S/C15H20O2.Na/c1-2-15(14(16)17)7-10-6-11(15)13-9-4-3-8(5-9)12(10)13;/h3-4,8-13H,2,5-7H2,1H3,(H,16,17);/q;+1/p-1. The summed E-state index contributed by atoms with van der Waals surface area (Å²) in [5.41, 5.74) is -0.482. The van der Waals surface area contributed by atoms with Crippen LogP contribution in [0.2, 0.25) is 0 Å². The molecular weight excluding hydrogens is 235 g/mol. The van der Waals surface area contributed by atoms with Crippen molar-refractivity contribution in [1.82, 2.24) is 0 Å². The Bertz CT molecular complexity index is 419. The van der Waals surface area contributed by atoms with Gasteiger partial charge in [0.15, 0.2) is 0 Å². The van der Waals surface area contributed by atoms with E-state index >= 15 is 0 Å². The molecule has 0 saturated heterocycles. The Morgan fingerprint density at radius 2 is 1.94 bits per heavy atom. The maximum Gasteiger partial charge on any atom is 1.00 e. The molecule has 3 heteroatoms. The van der Waals surface area contributed by atoms with Crippen LogP contribution in [0.4, 0.5) is 0 Å². The number of fused-ring (bicyclic) bond motifs is 9. The predicted octanol–water partition coefficient (Wildman–Crippen LogP) is -1.39. The first-order valence-electron chi connectivity index (χ1n) is 7.07. The molecule has 7 unspecified atom stereocenters. The van der Waals surface area contributed by atoms with Crippen molar-refractivity contribution in [1.29, 1.82) is 0 Å². The maximum absolute atomic E-state index is 11.6. The van der Waals surface area contributed by atoms with E-state index in [4.69, 9.17) is 0 Å². The molecule has 0 aromatic rings. The maximum atomic E-state index is 11.6. The Morgan fingerprint density at radius 1 is 1.28 bits per heavy atom. The van der Waals surface area contributed by atoms with E-state index in [1.54, 1.807) is 0 Å². The molecule has 3 fully saturated rings. The van der Waals surface area contributed by atoms with Crippen LogP contribution in [0.3, 0.4) is 0 Å². The van der Waals surface area contributed by atoms with Crippen molar-refractivity contribution < 1.29 is 39.5 Å². The van der Waals surface area contributed by atoms with Crippen LogP contribution in [-0.4, -0.2) is 5.97 Å². The first-order chi connectivity index (χ1) is 8.17. The van der Waals surface area contributed by atoms with E-state index in [2.05, 4.69) is 12.2 Å². The van der Waals surface area contributed by atoms with Gasteiger partial charge in [-0.1, -0.05) is 19.1 Å². The molecular formula is C15H19NaO2. The molecule has 92 valence electrons. The van der Waals surface area contributed by atoms with Crippen LogP contribution < -0.4 is 34.7 Å². The van der Waals surface area contributed by atoms with Crippen LogP contribution in [-0.2, 0) is 4.79 Å². The van der Waals surface area contributed by atoms with Crippen molar-refractivity contribution in [3.05, 3.63) is 12.2 Å². The summed E-state index contributed by atoms with van der Waals surface area (Å²) in [5, 5.41) is 11.6. The average Bonchev–Trinajstić information content (AvgIpc) is 3.05. The van der Waals surface area contributed by atoms with Crippen LogP contribution in [0.5, 0.6) is 0 Å². The summed E-state index contributed by atoms with van der Waals surface area (Å²) >= 11 is 0. The van der Waals surface area contributed by atoms with E-state index in [0.717, 1.165) is 31.1 Å². The Labute approximate surface area is 131 Å². The van der Waals surface area contributed by atoms with Crippen molar-refractivity contribution in [3.8, 4) is 0 Å². The summed E-state index contributed by atoms with van der Waals surface area (Å²) < 4.78 is 0. The number of carbonyl (C=O) groups excluding carboxylic acids is 1. The monoisotopic (exact) mass is 254 g/mol. The van der Waals surface area contributed by atoms with Gasteiger partial charge in [0.25, 0.3) is 0 Å². The molecule has 4 aliphatic carbocycles. The zero-order valence-electron chi connectivity index (χ0n) is 11.3. The van der Waals surface area contributed by atoms with E-state index in [1.807, 2.05) is 6.92 Å². The van der Waals surface area contributed by atoms with Crippen molar-refractivity contribution in [2.75, 3.05) is 0 Å². The van der Waals surface area contributed by atoms with Crippen molar-refractivity contribution in [2.24, 2.45) is 40.9 Å². The number of allylic oxidation sites excluding steroid dienone is 2. The number of hydrogen-bond acceptors (Lipinski definition) is 2. The molecule has 7 atom stereocenters. The molecule has 3 saturated carbocycles. The van der Waals surface area contributed by atoms with Crippen LogP contribution in [0, 0.1) is 40.9 Å². The topological polar surface area (TPSA) is 40.1 Å². The molecule has 4 rings (SSSR count). The van der Waals surface area contributed by atoms with Crippen LogP contribution in [0.1, 0.15) is 32.6 Å². The SMILES string of the molecule is CCC1(C(=O)[O-])CC2CC1C1C3C=CC(C3)C21.[Na+]. The minimum atomic E-state index is -0.766. The van der Waals surface area contributed by atoms with Gasteiger partial charge in [0, 0.05) is 11.4 Å². The van der Waals surface area contributed by atoms with Gasteiger partial charge in [-0.2, -0.15) is 0 Å². The number of rotatable bonds is 2. The molecule has 0 N–H and O–H groups in total. The van der Waals surface area contributed by atoms with Gasteiger partial charge >= 0.3 is 29.6 Å². The summed E-state index contributed by atoms with van der Waals surface area (Å²) in [6, 6.07) is 0. The third kappa shape index (κ3) is 1.32. The fourth-order valence-corrected chi connectivity index (χ4v) is 5.99. The normalized spacial score (nSPS) is 54.5. The molecule has 18 heavy (non-hydrogen) atoms. The molecule has 0 aliphatic heterocycles. The first kappa shape index (κ1) is 13.2. The quantitative estimate of drug-likeness (QED) is 0.346. The van der Waals surface area contributed by atoms with Crippen LogP contribution in [0.15, 0.2) is 12.2 Å². The minimum absolute atomic E-state index is 0. The smallest absolute Gasteiger partial charge is 0.550 e. The predicted molar refractivity (Wildman–Crippen MR) is 61.7 cm³/mol. The first-order valence-corrected chi connectivity index (χ1v) is 7.07. The second-order valence-electron chi connectivity index (χ2n) is 6.71. The van der Waals surface area contributed by atoms with E-state index in [9.17, 15) is 9.90 Å². The number of carbonyl (C=O) groups is 1. The van der Waals surface area contributed by atoms with Gasteiger partial charge in [0.05, 0.1) is 0 Å². The molecule has 0 radical (unpaired) electrons. The Morgan fingerprint density at radius 3 is 2.56 bits per heavy atom. The van der Waals surface area contributed by atoms with Gasteiger partial charge in [-0.3, -0.25) is 0 Å². The Balaban J connectivity index is 0.000001000. The van der Waals surface area contributed by atoms with Gasteiger partial charge in [0.1, 0.15) is 0 Å². The van der Waals surface area contributed by atoms with Crippen molar-refractivity contribution in [3.63, 3.8) is 0 Å². The molecule has 0 aromatic heterocycles. The summed E-state index contributed by atoms with van der Waals surface area (Å²) in [5.74, 6) is 3.26. The average molecular weight is 254 g/mol. The summed E-state index contributed by atoms with van der Waals surface area (Å²) in [4.78, 5) is 11.6. The minimum Gasteiger partial charge on any atom is -0.550 e. The number of aliphatic carboxylic acids is 1. The Hall–Kier alpha value is 0.210. The van der Waals surface area contributed by atoms with E-state index in [1.165, 1.54) is 6.42 Å². The summed E-state index contributed by atoms with van der Waals surface area (Å²) in [6.45, 7) is 2.04. The van der Waals surface area contributed by atoms with Crippen LogP contribution >= 0.6 is 0 Å². The van der Waals surface area contributed by atoms with E-state index < -0.39 is 11.4 Å². The van der Waals surface area contributed by atoms with E-state index in [0.29, 0.717) is 23.7 Å². The number of carboxylic acid groups (broad SMARTS) is 1. The van der Waals surface area contributed by atoms with Crippen LogP contribution in [0.25, 0.3) is 0 Å². The molecule has 0 aromatic carbocycles. The summed E-state index contributed by atoms with van der Waals surface area (Å²) in [6.07, 6.45) is 8.89. The Kier molecular flexibility index (Phi) is 3.01. The van der Waals surface area contributed by atoms with Gasteiger partial charge in [-0.25, -0.2) is 0 Å². The van der Waals surface area contributed by atoms with Crippen molar-refractivity contribution >= 4 is 5.97 Å². The van der Waals surface area contributed by atoms with Gasteiger partial charge in [-0.05, 0) is 61.2 Å². The zero-order chi connectivity index (χ0) is 11.8. The molecule has 4 aliphatic rings. The van der Waals surface area contributed by atoms with Gasteiger partial charge in [0.2, 0.25) is 0 Å². The second-order valence-corrected chi connectivity index (χ2v) is 6.71. The van der Waals surface area contributed by atoms with Gasteiger partial charge in [-0.15, -0.1) is 0 Å². The second kappa shape index (κ2) is 4.10. The molecule has 2 nitrogen and oxygen atoms in total. The third-order valence-corrected chi connectivity index (χ3v) is 6.52. The van der Waals surface area contributed by atoms with Gasteiger partial charge < -0.3 is 9.90 Å². The summed E-state index contributed by atoms with van der Waals surface area (Å²) in [7, 11) is 0. The fourth-order valence-electron chi connectivity index (χ4n) is 5.99. The third-order valence-electron chi connectivity index (χ3n) is 6.52. The zero-order valence-corrected chi connectivity index (χ0v) is 13.3. The van der Waals surface area contributed by atoms with E-state index in [-0.39, 0.29) is 29.6 Å². The molecule has 0 amide bonds. The molecule has 0 spiro atoms. The molecule has 0 heterocycles. The number of carboxylic acids is 1. The van der Waals surface area contributed by atoms with Crippen molar-refractivity contribution in [2.45, 2.75) is 32.6 Å².